The third-order valence-electron chi connectivity index (χ3n) is 3.41. The van der Waals surface area contributed by atoms with Crippen LogP contribution in [0.4, 0.5) is 0 Å². The number of aromatic nitrogens is 6. The molecule has 1 saturated carbocycles. The Kier molecular flexibility index (Phi) is 3.33. The second-order valence-corrected chi connectivity index (χ2v) is 5.27. The molecule has 0 aromatic carbocycles. The van der Waals surface area contributed by atoms with Crippen LogP contribution in [0.25, 0.3) is 11.5 Å². The molecule has 1 aliphatic carbocycles. The summed E-state index contributed by atoms with van der Waals surface area (Å²) < 4.78 is 11.8. The molecular formula is C13H13N7O3. The zero-order valence-electron chi connectivity index (χ0n) is 12.0. The van der Waals surface area contributed by atoms with Crippen molar-refractivity contribution < 1.29 is 13.8 Å². The highest BCUT2D eigenvalue weighted by atomic mass is 16.5. The van der Waals surface area contributed by atoms with Gasteiger partial charge < -0.3 is 14.4 Å². The molecule has 1 amide bonds. The first-order valence-corrected chi connectivity index (χ1v) is 7.16. The lowest BCUT2D eigenvalue weighted by Crippen LogP contribution is -2.27. The number of rotatable bonds is 6. The van der Waals surface area contributed by atoms with E-state index in [-0.39, 0.29) is 19.0 Å². The molecule has 10 nitrogen and oxygen atoms in total. The topological polar surface area (TPSA) is 125 Å². The van der Waals surface area contributed by atoms with Gasteiger partial charge in [-0.3, -0.25) is 4.79 Å². The Labute approximate surface area is 129 Å². The molecule has 0 aliphatic heterocycles. The summed E-state index contributed by atoms with van der Waals surface area (Å²) in [5.41, 5.74) is 0.538. The van der Waals surface area contributed by atoms with E-state index in [1.807, 2.05) is 6.07 Å². The summed E-state index contributed by atoms with van der Waals surface area (Å²) in [4.78, 5) is 19.7. The van der Waals surface area contributed by atoms with Crippen molar-refractivity contribution in [2.75, 3.05) is 0 Å². The fourth-order valence-corrected chi connectivity index (χ4v) is 2.08. The van der Waals surface area contributed by atoms with E-state index in [0.717, 1.165) is 18.6 Å². The molecule has 3 aromatic rings. The highest BCUT2D eigenvalue weighted by Gasteiger charge is 2.28. The Hall–Kier alpha value is -3.04. The SMILES string of the molecule is O=C(Cn1cncn1)NCc1nc(-c2cc(C3CC3)on2)no1. The molecule has 118 valence electrons. The third kappa shape index (κ3) is 3.10. The maximum atomic E-state index is 11.7. The van der Waals surface area contributed by atoms with E-state index in [0.29, 0.717) is 23.3 Å². The minimum Gasteiger partial charge on any atom is -0.360 e. The van der Waals surface area contributed by atoms with E-state index in [1.165, 1.54) is 17.3 Å². The fourth-order valence-electron chi connectivity index (χ4n) is 2.08. The molecule has 3 heterocycles. The van der Waals surface area contributed by atoms with Gasteiger partial charge in [0, 0.05) is 12.0 Å². The quantitative estimate of drug-likeness (QED) is 0.697. The summed E-state index contributed by atoms with van der Waals surface area (Å²) in [5, 5.41) is 14.3. The molecule has 1 aliphatic rings. The monoisotopic (exact) mass is 315 g/mol. The molecule has 1 fully saturated rings. The molecule has 10 heteroatoms. The zero-order valence-corrected chi connectivity index (χ0v) is 12.0. The van der Waals surface area contributed by atoms with Gasteiger partial charge in [-0.1, -0.05) is 10.3 Å². The van der Waals surface area contributed by atoms with Gasteiger partial charge in [0.05, 0.1) is 6.54 Å². The van der Waals surface area contributed by atoms with E-state index < -0.39 is 0 Å². The van der Waals surface area contributed by atoms with Crippen LogP contribution in [0.2, 0.25) is 0 Å². The first kappa shape index (κ1) is 13.6. The van der Waals surface area contributed by atoms with Crippen LogP contribution in [0, 0.1) is 0 Å². The van der Waals surface area contributed by atoms with Crippen molar-refractivity contribution in [3.05, 3.63) is 30.4 Å². The predicted molar refractivity (Wildman–Crippen MR) is 73.6 cm³/mol. The molecule has 23 heavy (non-hydrogen) atoms. The standard InChI is InChI=1S/C13H13N7O3/c21-11(5-20-7-14-6-16-20)15-4-12-17-13(19-23-12)9-3-10(22-18-9)8-1-2-8/h3,6-8H,1-2,4-5H2,(H,15,21). The Morgan fingerprint density at radius 1 is 1.35 bits per heavy atom. The Balaban J connectivity index is 1.34. The molecule has 0 radical (unpaired) electrons. The number of amides is 1. The minimum atomic E-state index is -0.229. The largest absolute Gasteiger partial charge is 0.360 e. The number of carbonyl (C=O) groups excluding carboxylic acids is 1. The molecule has 0 saturated heterocycles. The molecule has 0 bridgehead atoms. The van der Waals surface area contributed by atoms with Gasteiger partial charge in [-0.05, 0) is 12.8 Å². The van der Waals surface area contributed by atoms with Gasteiger partial charge in [0.15, 0.2) is 5.69 Å². The van der Waals surface area contributed by atoms with Crippen molar-refractivity contribution in [1.29, 1.82) is 0 Å². The fraction of sp³-hybridized carbons (Fsp3) is 0.385. The van der Waals surface area contributed by atoms with Crippen LogP contribution >= 0.6 is 0 Å². The number of hydrogen-bond donors (Lipinski definition) is 1. The van der Waals surface area contributed by atoms with Crippen LogP contribution in [0.5, 0.6) is 0 Å². The zero-order chi connectivity index (χ0) is 15.6. The average Bonchev–Trinajstić information content (AvgIpc) is 3.00. The smallest absolute Gasteiger partial charge is 0.246 e. The minimum absolute atomic E-state index is 0.0784. The van der Waals surface area contributed by atoms with Crippen molar-refractivity contribution in [3.8, 4) is 11.5 Å². The maximum absolute atomic E-state index is 11.7. The van der Waals surface area contributed by atoms with Crippen LogP contribution in [0.1, 0.15) is 30.4 Å². The van der Waals surface area contributed by atoms with Crippen molar-refractivity contribution in [1.82, 2.24) is 35.4 Å². The second-order valence-electron chi connectivity index (χ2n) is 5.27. The molecule has 4 rings (SSSR count). The summed E-state index contributed by atoms with van der Waals surface area (Å²) in [5.74, 6) is 1.74. The van der Waals surface area contributed by atoms with Crippen molar-refractivity contribution >= 4 is 5.91 Å². The Morgan fingerprint density at radius 3 is 3.04 bits per heavy atom. The summed E-state index contributed by atoms with van der Waals surface area (Å²) in [6.07, 6.45) is 5.09. The van der Waals surface area contributed by atoms with Crippen LogP contribution in [-0.4, -0.2) is 36.0 Å². The summed E-state index contributed by atoms with van der Waals surface area (Å²) in [7, 11) is 0. The number of carbonyl (C=O) groups is 1. The van der Waals surface area contributed by atoms with Crippen molar-refractivity contribution in [2.24, 2.45) is 0 Å². The number of nitrogens with one attached hydrogen (secondary N) is 1. The number of hydrogen-bond acceptors (Lipinski definition) is 8. The van der Waals surface area contributed by atoms with Gasteiger partial charge in [-0.15, -0.1) is 0 Å². The maximum Gasteiger partial charge on any atom is 0.246 e. The van der Waals surface area contributed by atoms with Gasteiger partial charge in [-0.2, -0.15) is 10.1 Å². The van der Waals surface area contributed by atoms with Crippen LogP contribution < -0.4 is 5.32 Å². The molecule has 3 aromatic heterocycles. The number of nitrogens with zero attached hydrogens (tertiary/aromatic N) is 6. The molecule has 0 unspecified atom stereocenters. The summed E-state index contributed by atoms with van der Waals surface area (Å²) in [6, 6.07) is 1.83. The first-order chi connectivity index (χ1) is 11.3. The summed E-state index contributed by atoms with van der Waals surface area (Å²) >= 11 is 0. The molecular weight excluding hydrogens is 302 g/mol. The molecule has 0 spiro atoms. The van der Waals surface area contributed by atoms with Gasteiger partial charge in [0.25, 0.3) is 0 Å². The van der Waals surface area contributed by atoms with E-state index in [4.69, 9.17) is 9.05 Å². The highest BCUT2D eigenvalue weighted by molar-refractivity contribution is 5.75. The van der Waals surface area contributed by atoms with Crippen molar-refractivity contribution in [3.63, 3.8) is 0 Å². The molecule has 1 N–H and O–H groups in total. The van der Waals surface area contributed by atoms with E-state index >= 15 is 0 Å². The lowest BCUT2D eigenvalue weighted by atomic mass is 10.3. The lowest BCUT2D eigenvalue weighted by molar-refractivity contribution is -0.122. The highest BCUT2D eigenvalue weighted by Crippen LogP contribution is 2.40. The van der Waals surface area contributed by atoms with E-state index in [2.05, 4.69) is 30.7 Å². The normalized spacial score (nSPS) is 14.1. The Bertz CT molecular complexity index is 803. The van der Waals surface area contributed by atoms with Crippen LogP contribution in [0.3, 0.4) is 0 Å². The van der Waals surface area contributed by atoms with Gasteiger partial charge in [0.1, 0.15) is 25.0 Å². The van der Waals surface area contributed by atoms with Gasteiger partial charge in [-0.25, -0.2) is 9.67 Å². The van der Waals surface area contributed by atoms with Crippen LogP contribution in [-0.2, 0) is 17.9 Å². The predicted octanol–water partition coefficient (Wildman–Crippen LogP) is 0.510. The van der Waals surface area contributed by atoms with E-state index in [9.17, 15) is 4.79 Å². The van der Waals surface area contributed by atoms with E-state index in [1.54, 1.807) is 0 Å². The second kappa shape index (κ2) is 5.63. The van der Waals surface area contributed by atoms with Crippen molar-refractivity contribution in [2.45, 2.75) is 31.8 Å². The van der Waals surface area contributed by atoms with Crippen LogP contribution in [0.15, 0.2) is 27.8 Å². The first-order valence-electron chi connectivity index (χ1n) is 7.16. The van der Waals surface area contributed by atoms with Gasteiger partial charge >= 0.3 is 0 Å². The average molecular weight is 315 g/mol. The summed E-state index contributed by atoms with van der Waals surface area (Å²) in [6.45, 7) is 0.211. The lowest BCUT2D eigenvalue weighted by Gasteiger charge is -2.01. The molecule has 0 atom stereocenters. The van der Waals surface area contributed by atoms with Gasteiger partial charge in [0.2, 0.25) is 17.6 Å². The Morgan fingerprint density at radius 2 is 2.26 bits per heavy atom. The third-order valence-corrected chi connectivity index (χ3v) is 3.41.